The zero-order valence-corrected chi connectivity index (χ0v) is 12.4. The van der Waals surface area contributed by atoms with Crippen molar-refractivity contribution in [2.24, 2.45) is 0 Å². The first kappa shape index (κ1) is 13.3. The molecule has 0 saturated heterocycles. The minimum atomic E-state index is -0.321. The van der Waals surface area contributed by atoms with E-state index in [1.54, 1.807) is 22.8 Å². The fourth-order valence-corrected chi connectivity index (χ4v) is 2.57. The SMILES string of the molecule is Nc1nc2cc(I)c(F)cc2n1Cc1cccc(F)c1. The van der Waals surface area contributed by atoms with Gasteiger partial charge in [0, 0.05) is 6.07 Å². The van der Waals surface area contributed by atoms with Gasteiger partial charge in [-0.1, -0.05) is 12.1 Å². The quantitative estimate of drug-likeness (QED) is 0.686. The van der Waals surface area contributed by atoms with Crippen molar-refractivity contribution in [2.75, 3.05) is 5.73 Å². The van der Waals surface area contributed by atoms with Gasteiger partial charge in [-0.15, -0.1) is 0 Å². The van der Waals surface area contributed by atoms with E-state index < -0.39 is 0 Å². The molecule has 0 bridgehead atoms. The molecule has 3 rings (SSSR count). The lowest BCUT2D eigenvalue weighted by Crippen LogP contribution is -2.05. The summed E-state index contributed by atoms with van der Waals surface area (Å²) in [5, 5.41) is 0. The van der Waals surface area contributed by atoms with E-state index in [-0.39, 0.29) is 17.6 Å². The second kappa shape index (κ2) is 5.01. The van der Waals surface area contributed by atoms with Gasteiger partial charge in [0.25, 0.3) is 0 Å². The zero-order valence-electron chi connectivity index (χ0n) is 10.3. The highest BCUT2D eigenvalue weighted by Crippen LogP contribution is 2.24. The van der Waals surface area contributed by atoms with Crippen LogP contribution in [0.4, 0.5) is 14.7 Å². The van der Waals surface area contributed by atoms with Crippen molar-refractivity contribution in [1.82, 2.24) is 9.55 Å². The van der Waals surface area contributed by atoms with Gasteiger partial charge in [0.15, 0.2) is 0 Å². The lowest BCUT2D eigenvalue weighted by Gasteiger charge is -2.07. The Morgan fingerprint density at radius 2 is 2.00 bits per heavy atom. The van der Waals surface area contributed by atoms with Crippen LogP contribution in [-0.2, 0) is 6.54 Å². The number of rotatable bonds is 2. The number of benzene rings is 2. The molecular weight excluding hydrogens is 375 g/mol. The lowest BCUT2D eigenvalue weighted by molar-refractivity contribution is 0.620. The topological polar surface area (TPSA) is 43.8 Å². The number of hydrogen-bond donors (Lipinski definition) is 1. The maximum absolute atomic E-state index is 13.7. The Labute approximate surface area is 127 Å². The molecule has 3 aromatic rings. The van der Waals surface area contributed by atoms with Crippen LogP contribution in [-0.4, -0.2) is 9.55 Å². The largest absolute Gasteiger partial charge is 0.369 e. The predicted molar refractivity (Wildman–Crippen MR) is 82.3 cm³/mol. The average molecular weight is 385 g/mol. The van der Waals surface area contributed by atoms with E-state index in [1.807, 2.05) is 22.6 Å². The Balaban J connectivity index is 2.11. The molecule has 102 valence electrons. The van der Waals surface area contributed by atoms with Gasteiger partial charge < -0.3 is 10.3 Å². The third-order valence-electron chi connectivity index (χ3n) is 3.05. The lowest BCUT2D eigenvalue weighted by atomic mass is 10.2. The van der Waals surface area contributed by atoms with Gasteiger partial charge in [-0.2, -0.15) is 0 Å². The van der Waals surface area contributed by atoms with Crippen LogP contribution in [0.1, 0.15) is 5.56 Å². The molecule has 0 fully saturated rings. The van der Waals surface area contributed by atoms with Crippen LogP contribution in [0.3, 0.4) is 0 Å². The molecule has 0 atom stereocenters. The number of halogens is 3. The first-order valence-corrected chi connectivity index (χ1v) is 6.97. The summed E-state index contributed by atoms with van der Waals surface area (Å²) in [6, 6.07) is 9.26. The van der Waals surface area contributed by atoms with E-state index in [0.717, 1.165) is 5.56 Å². The molecule has 2 aromatic carbocycles. The first-order valence-electron chi connectivity index (χ1n) is 5.90. The number of anilines is 1. The molecule has 0 aliphatic rings. The molecule has 2 N–H and O–H groups in total. The molecule has 1 aromatic heterocycles. The van der Waals surface area contributed by atoms with Crippen molar-refractivity contribution in [3.63, 3.8) is 0 Å². The third kappa shape index (κ3) is 2.35. The zero-order chi connectivity index (χ0) is 14.3. The van der Waals surface area contributed by atoms with Crippen molar-refractivity contribution >= 4 is 39.6 Å². The Morgan fingerprint density at radius 3 is 2.75 bits per heavy atom. The Bertz CT molecular complexity index is 798. The summed E-state index contributed by atoms with van der Waals surface area (Å²) in [6.07, 6.45) is 0. The van der Waals surface area contributed by atoms with Gasteiger partial charge in [0.05, 0.1) is 21.1 Å². The molecule has 0 radical (unpaired) electrons. The van der Waals surface area contributed by atoms with Crippen molar-refractivity contribution < 1.29 is 8.78 Å². The Kier molecular flexibility index (Phi) is 3.33. The predicted octanol–water partition coefficient (Wildman–Crippen LogP) is 3.55. The number of hydrogen-bond acceptors (Lipinski definition) is 2. The highest BCUT2D eigenvalue weighted by Gasteiger charge is 2.12. The summed E-state index contributed by atoms with van der Waals surface area (Å²) >= 11 is 1.91. The van der Waals surface area contributed by atoms with Gasteiger partial charge in [-0.05, 0) is 46.4 Å². The standard InChI is InChI=1S/C14H10F2IN3/c15-9-3-1-2-8(4-9)7-20-13-5-10(16)11(17)6-12(13)19-14(20)18/h1-6H,7H2,(H2,18,19). The van der Waals surface area contributed by atoms with Crippen LogP contribution in [0.5, 0.6) is 0 Å². The monoisotopic (exact) mass is 385 g/mol. The highest BCUT2D eigenvalue weighted by molar-refractivity contribution is 14.1. The summed E-state index contributed by atoms with van der Waals surface area (Å²) in [6.45, 7) is 0.347. The fraction of sp³-hybridized carbons (Fsp3) is 0.0714. The third-order valence-corrected chi connectivity index (χ3v) is 3.88. The van der Waals surface area contributed by atoms with Crippen molar-refractivity contribution in [1.29, 1.82) is 0 Å². The van der Waals surface area contributed by atoms with Crippen LogP contribution in [0.15, 0.2) is 36.4 Å². The van der Waals surface area contributed by atoms with Crippen LogP contribution in [0.2, 0.25) is 0 Å². The van der Waals surface area contributed by atoms with E-state index in [2.05, 4.69) is 4.98 Å². The maximum atomic E-state index is 13.7. The summed E-state index contributed by atoms with van der Waals surface area (Å²) in [4.78, 5) is 4.21. The maximum Gasteiger partial charge on any atom is 0.201 e. The molecule has 0 saturated carbocycles. The molecule has 0 amide bonds. The minimum absolute atomic E-state index is 0.283. The van der Waals surface area contributed by atoms with E-state index >= 15 is 0 Å². The number of nitrogen functional groups attached to an aromatic ring is 1. The molecule has 6 heteroatoms. The van der Waals surface area contributed by atoms with Crippen molar-refractivity contribution in [3.05, 3.63) is 57.2 Å². The molecule has 1 heterocycles. The van der Waals surface area contributed by atoms with Crippen LogP contribution >= 0.6 is 22.6 Å². The van der Waals surface area contributed by atoms with Crippen LogP contribution < -0.4 is 5.73 Å². The molecule has 3 nitrogen and oxygen atoms in total. The molecular formula is C14H10F2IN3. The second-order valence-corrected chi connectivity index (χ2v) is 5.60. The van der Waals surface area contributed by atoms with Gasteiger partial charge in [0.1, 0.15) is 11.6 Å². The number of aromatic nitrogens is 2. The molecule has 0 spiro atoms. The van der Waals surface area contributed by atoms with E-state index in [4.69, 9.17) is 5.73 Å². The minimum Gasteiger partial charge on any atom is -0.369 e. The average Bonchev–Trinajstić information content (AvgIpc) is 2.67. The first-order chi connectivity index (χ1) is 9.54. The summed E-state index contributed by atoms with van der Waals surface area (Å²) in [7, 11) is 0. The van der Waals surface area contributed by atoms with Gasteiger partial charge in [-0.25, -0.2) is 13.8 Å². The van der Waals surface area contributed by atoms with Crippen LogP contribution in [0.25, 0.3) is 11.0 Å². The van der Waals surface area contributed by atoms with Gasteiger partial charge in [-0.3, -0.25) is 0 Å². The molecule has 0 aliphatic carbocycles. The van der Waals surface area contributed by atoms with Crippen LogP contribution in [0, 0.1) is 15.2 Å². The molecule has 0 unspecified atom stereocenters. The molecule has 0 aliphatic heterocycles. The van der Waals surface area contributed by atoms with E-state index in [0.29, 0.717) is 21.1 Å². The second-order valence-electron chi connectivity index (χ2n) is 4.44. The Hall–Kier alpha value is -1.70. The molecule has 20 heavy (non-hydrogen) atoms. The summed E-state index contributed by atoms with van der Waals surface area (Å²) in [5.41, 5.74) is 7.85. The number of fused-ring (bicyclic) bond motifs is 1. The normalized spacial score (nSPS) is 11.2. The van der Waals surface area contributed by atoms with Crippen molar-refractivity contribution in [3.8, 4) is 0 Å². The van der Waals surface area contributed by atoms with E-state index in [9.17, 15) is 8.78 Å². The number of imidazole rings is 1. The summed E-state index contributed by atoms with van der Waals surface area (Å²) in [5.74, 6) is -0.352. The number of nitrogens with two attached hydrogens (primary N) is 1. The van der Waals surface area contributed by atoms with E-state index in [1.165, 1.54) is 18.2 Å². The van der Waals surface area contributed by atoms with Gasteiger partial charge in [0.2, 0.25) is 5.95 Å². The highest BCUT2D eigenvalue weighted by atomic mass is 127. The fourth-order valence-electron chi connectivity index (χ4n) is 2.12. The smallest absolute Gasteiger partial charge is 0.201 e. The van der Waals surface area contributed by atoms with Crippen molar-refractivity contribution in [2.45, 2.75) is 6.54 Å². The van der Waals surface area contributed by atoms with Gasteiger partial charge >= 0.3 is 0 Å². The summed E-state index contributed by atoms with van der Waals surface area (Å²) < 4.78 is 29.1. The number of nitrogens with zero attached hydrogens (tertiary/aromatic N) is 2. The Morgan fingerprint density at radius 1 is 1.20 bits per heavy atom.